The van der Waals surface area contributed by atoms with Crippen LogP contribution in [0.4, 0.5) is 9.59 Å². The molecule has 2 unspecified atom stereocenters. The topological polar surface area (TPSA) is 92.7 Å². The Bertz CT molecular complexity index is 241. The molecule has 1 saturated carbocycles. The van der Waals surface area contributed by atoms with Crippen molar-refractivity contribution in [2.24, 2.45) is 11.5 Å². The summed E-state index contributed by atoms with van der Waals surface area (Å²) in [5.74, 6) is 0. The molecule has 4 amide bonds. The van der Waals surface area contributed by atoms with Crippen LogP contribution in [0.1, 0.15) is 19.3 Å². The highest BCUT2D eigenvalue weighted by molar-refractivity contribution is 5.79. The minimum absolute atomic E-state index is 0.0787. The summed E-state index contributed by atoms with van der Waals surface area (Å²) in [6.45, 7) is 0. The van der Waals surface area contributed by atoms with Crippen LogP contribution in [0.5, 0.6) is 0 Å². The van der Waals surface area contributed by atoms with Gasteiger partial charge in [-0.25, -0.2) is 19.6 Å². The maximum atomic E-state index is 11.0. The van der Waals surface area contributed by atoms with Gasteiger partial charge in [-0.1, -0.05) is 0 Å². The number of fused-ring (bicyclic) bond motifs is 2. The molecule has 13 heavy (non-hydrogen) atoms. The number of nitrogens with zero attached hydrogens (tertiary/aromatic N) is 2. The molecule has 0 aromatic rings. The quantitative estimate of drug-likeness (QED) is 0.536. The molecule has 2 fully saturated rings. The summed E-state index contributed by atoms with van der Waals surface area (Å²) in [6, 6.07) is -1.03. The molecule has 1 aliphatic carbocycles. The Labute approximate surface area is 75.4 Å². The van der Waals surface area contributed by atoms with E-state index in [0.717, 1.165) is 19.3 Å². The molecule has 2 bridgehead atoms. The predicted molar refractivity (Wildman–Crippen MR) is 44.3 cm³/mol. The zero-order chi connectivity index (χ0) is 9.59. The maximum absolute atomic E-state index is 11.0. The van der Waals surface area contributed by atoms with Gasteiger partial charge in [0, 0.05) is 0 Å². The normalized spacial score (nSPS) is 31.1. The van der Waals surface area contributed by atoms with E-state index in [1.54, 1.807) is 0 Å². The van der Waals surface area contributed by atoms with E-state index in [9.17, 15) is 9.59 Å². The predicted octanol–water partition coefficient (Wildman–Crippen LogP) is -0.402. The minimum atomic E-state index is -0.592. The highest BCUT2D eigenvalue weighted by atomic mass is 16.2. The third-order valence-electron chi connectivity index (χ3n) is 2.75. The lowest BCUT2D eigenvalue weighted by atomic mass is 10.2. The largest absolute Gasteiger partial charge is 0.350 e. The van der Waals surface area contributed by atoms with Crippen LogP contribution >= 0.6 is 0 Å². The zero-order valence-corrected chi connectivity index (χ0v) is 7.14. The lowest BCUT2D eigenvalue weighted by molar-refractivity contribution is 0.0286. The third kappa shape index (κ3) is 1.01. The summed E-state index contributed by atoms with van der Waals surface area (Å²) in [4.78, 5) is 22.0. The first-order valence-electron chi connectivity index (χ1n) is 4.28. The van der Waals surface area contributed by atoms with E-state index >= 15 is 0 Å². The second-order valence-corrected chi connectivity index (χ2v) is 3.49. The minimum Gasteiger partial charge on any atom is -0.350 e. The summed E-state index contributed by atoms with van der Waals surface area (Å²) in [5, 5.41) is 2.58. The molecule has 0 radical (unpaired) electrons. The van der Waals surface area contributed by atoms with Gasteiger partial charge in [0.25, 0.3) is 0 Å². The van der Waals surface area contributed by atoms with Gasteiger partial charge >= 0.3 is 12.1 Å². The van der Waals surface area contributed by atoms with Crippen LogP contribution in [0.3, 0.4) is 0 Å². The average molecular weight is 184 g/mol. The van der Waals surface area contributed by atoms with Gasteiger partial charge in [0.05, 0.1) is 12.1 Å². The van der Waals surface area contributed by atoms with Crippen molar-refractivity contribution < 1.29 is 9.59 Å². The van der Waals surface area contributed by atoms with E-state index < -0.39 is 12.1 Å². The Hall–Kier alpha value is -1.46. The van der Waals surface area contributed by atoms with Crippen LogP contribution in [0, 0.1) is 0 Å². The first kappa shape index (κ1) is 8.15. The zero-order valence-electron chi connectivity index (χ0n) is 7.14. The standard InChI is InChI=1S/C7H12N4O2/c8-6(12)10-4-1-2-5(3-4)11(10)7(9)13/h4-5H,1-3H2,(H2,8,12)(H2,9,13). The highest BCUT2D eigenvalue weighted by Crippen LogP contribution is 2.36. The van der Waals surface area contributed by atoms with Gasteiger partial charge in [-0.3, -0.25) is 0 Å². The molecule has 1 heterocycles. The van der Waals surface area contributed by atoms with Crippen molar-refractivity contribution in [1.82, 2.24) is 10.0 Å². The molecular weight excluding hydrogens is 172 g/mol. The fourth-order valence-electron chi connectivity index (χ4n) is 2.30. The van der Waals surface area contributed by atoms with Gasteiger partial charge < -0.3 is 11.5 Å². The monoisotopic (exact) mass is 184 g/mol. The number of hydrogen-bond donors (Lipinski definition) is 2. The second kappa shape index (κ2) is 2.51. The molecule has 2 rings (SSSR count). The summed E-state index contributed by atoms with van der Waals surface area (Å²) >= 11 is 0. The van der Waals surface area contributed by atoms with E-state index in [1.165, 1.54) is 10.0 Å². The van der Waals surface area contributed by atoms with Crippen molar-refractivity contribution in [1.29, 1.82) is 0 Å². The van der Waals surface area contributed by atoms with Gasteiger partial charge in [-0.2, -0.15) is 0 Å². The van der Waals surface area contributed by atoms with Gasteiger partial charge in [-0.15, -0.1) is 0 Å². The summed E-state index contributed by atoms with van der Waals surface area (Å²) < 4.78 is 0. The molecule has 0 aromatic carbocycles. The van der Waals surface area contributed by atoms with Crippen LogP contribution in [-0.4, -0.2) is 34.2 Å². The first-order chi connectivity index (χ1) is 6.11. The van der Waals surface area contributed by atoms with Crippen LogP contribution in [0.2, 0.25) is 0 Å². The molecule has 1 aliphatic heterocycles. The van der Waals surface area contributed by atoms with Gasteiger partial charge in [0.1, 0.15) is 0 Å². The van der Waals surface area contributed by atoms with Crippen LogP contribution < -0.4 is 11.5 Å². The molecule has 0 aromatic heterocycles. The number of urea groups is 2. The summed E-state index contributed by atoms with van der Waals surface area (Å²) in [7, 11) is 0. The number of primary amides is 2. The SMILES string of the molecule is NC(=O)N1C2CCC(C2)N1C(N)=O. The first-order valence-corrected chi connectivity index (χ1v) is 4.28. The highest BCUT2D eigenvalue weighted by Gasteiger charge is 2.47. The molecule has 2 aliphatic rings. The van der Waals surface area contributed by atoms with Crippen LogP contribution in [0.25, 0.3) is 0 Å². The van der Waals surface area contributed by atoms with Crippen LogP contribution in [0.15, 0.2) is 0 Å². The van der Waals surface area contributed by atoms with Gasteiger partial charge in [-0.05, 0) is 19.3 Å². The molecule has 2 atom stereocenters. The Morgan fingerprint density at radius 2 is 1.38 bits per heavy atom. The number of hydrogen-bond acceptors (Lipinski definition) is 2. The molecule has 6 heteroatoms. The smallest absolute Gasteiger partial charge is 0.334 e. The molecule has 0 spiro atoms. The van der Waals surface area contributed by atoms with Gasteiger partial charge in [0.2, 0.25) is 0 Å². The molecule has 1 saturated heterocycles. The van der Waals surface area contributed by atoms with Gasteiger partial charge in [0.15, 0.2) is 0 Å². The molecule has 4 N–H and O–H groups in total. The van der Waals surface area contributed by atoms with Crippen LogP contribution in [-0.2, 0) is 0 Å². The molecule has 6 nitrogen and oxygen atoms in total. The average Bonchev–Trinajstić information content (AvgIpc) is 2.60. The van der Waals surface area contributed by atoms with Crippen molar-refractivity contribution in [2.75, 3.05) is 0 Å². The second-order valence-electron chi connectivity index (χ2n) is 3.49. The number of rotatable bonds is 0. The fourth-order valence-corrected chi connectivity index (χ4v) is 2.30. The fraction of sp³-hybridized carbons (Fsp3) is 0.714. The van der Waals surface area contributed by atoms with E-state index in [4.69, 9.17) is 11.5 Å². The Morgan fingerprint density at radius 3 is 1.69 bits per heavy atom. The lowest BCUT2D eigenvalue weighted by Crippen LogP contribution is -2.56. The Kier molecular flexibility index (Phi) is 1.58. The lowest BCUT2D eigenvalue weighted by Gasteiger charge is -2.35. The molecule has 72 valence electrons. The number of nitrogens with two attached hydrogens (primary N) is 2. The molecular formula is C7H12N4O2. The Balaban J connectivity index is 2.24. The van der Waals surface area contributed by atoms with E-state index in [-0.39, 0.29) is 12.1 Å². The number of carbonyl (C=O) groups excluding carboxylic acids is 2. The van der Waals surface area contributed by atoms with Crippen molar-refractivity contribution in [3.63, 3.8) is 0 Å². The summed E-state index contributed by atoms with van der Waals surface area (Å²) in [5.41, 5.74) is 10.3. The van der Waals surface area contributed by atoms with E-state index in [2.05, 4.69) is 0 Å². The third-order valence-corrected chi connectivity index (χ3v) is 2.75. The number of hydrazine groups is 1. The van der Waals surface area contributed by atoms with E-state index in [1.807, 2.05) is 0 Å². The number of carbonyl (C=O) groups is 2. The maximum Gasteiger partial charge on any atom is 0.334 e. The van der Waals surface area contributed by atoms with Crippen molar-refractivity contribution >= 4 is 12.1 Å². The number of amides is 4. The van der Waals surface area contributed by atoms with Crippen molar-refractivity contribution in [3.8, 4) is 0 Å². The van der Waals surface area contributed by atoms with E-state index in [0.29, 0.717) is 0 Å². The Morgan fingerprint density at radius 1 is 1.00 bits per heavy atom. The van der Waals surface area contributed by atoms with Crippen molar-refractivity contribution in [2.45, 2.75) is 31.3 Å². The summed E-state index contributed by atoms with van der Waals surface area (Å²) in [6.07, 6.45) is 2.64. The van der Waals surface area contributed by atoms with Crippen molar-refractivity contribution in [3.05, 3.63) is 0 Å².